The van der Waals surface area contributed by atoms with Gasteiger partial charge in [-0.3, -0.25) is 9.69 Å². The summed E-state index contributed by atoms with van der Waals surface area (Å²) in [6.07, 6.45) is 2.68. The van der Waals surface area contributed by atoms with Crippen LogP contribution in [-0.4, -0.2) is 35.1 Å². The number of hydrogen-bond donors (Lipinski definition) is 0. The molecule has 1 atom stereocenters. The van der Waals surface area contributed by atoms with Crippen molar-refractivity contribution in [1.29, 1.82) is 0 Å². The summed E-state index contributed by atoms with van der Waals surface area (Å²) in [5.41, 5.74) is 2.99. The van der Waals surface area contributed by atoms with Crippen LogP contribution in [0.4, 0.5) is 5.69 Å². The Labute approximate surface area is 135 Å². The summed E-state index contributed by atoms with van der Waals surface area (Å²) in [6.45, 7) is 4.68. The van der Waals surface area contributed by atoms with Gasteiger partial charge in [-0.25, -0.2) is 0 Å². The first-order valence-corrected chi connectivity index (χ1v) is 8.25. The summed E-state index contributed by atoms with van der Waals surface area (Å²) < 4.78 is 5.09. The minimum Gasteiger partial charge on any atom is -0.361 e. The van der Waals surface area contributed by atoms with E-state index in [9.17, 15) is 4.79 Å². The second-order valence-corrected chi connectivity index (χ2v) is 6.51. The number of benzene rings is 1. The van der Waals surface area contributed by atoms with E-state index in [4.69, 9.17) is 4.52 Å². The molecule has 1 saturated heterocycles. The van der Waals surface area contributed by atoms with Crippen LogP contribution in [0.15, 0.2) is 34.9 Å². The molecule has 5 heteroatoms. The van der Waals surface area contributed by atoms with Crippen LogP contribution in [0, 0.1) is 6.92 Å². The SMILES string of the molecule is Cc1cc(CC(=O)N2CC3CCCN3Cc3ccccc32)no1. The van der Waals surface area contributed by atoms with Gasteiger partial charge in [-0.1, -0.05) is 23.4 Å². The summed E-state index contributed by atoms with van der Waals surface area (Å²) in [6, 6.07) is 10.6. The minimum atomic E-state index is 0.0968. The highest BCUT2D eigenvalue weighted by molar-refractivity contribution is 5.95. The lowest BCUT2D eigenvalue weighted by Gasteiger charge is -2.26. The van der Waals surface area contributed by atoms with Crippen LogP contribution >= 0.6 is 0 Å². The molecule has 0 bridgehead atoms. The monoisotopic (exact) mass is 311 g/mol. The quantitative estimate of drug-likeness (QED) is 0.855. The Hall–Kier alpha value is -2.14. The standard InChI is InChI=1S/C18H21N3O2/c1-13-9-15(19-23-13)10-18(22)21-12-16-6-4-8-20(16)11-14-5-2-3-7-17(14)21/h2-3,5,7,9,16H,4,6,8,10-12H2,1H3. The largest absolute Gasteiger partial charge is 0.361 e. The average molecular weight is 311 g/mol. The number of carbonyl (C=O) groups is 1. The molecular formula is C18H21N3O2. The lowest BCUT2D eigenvalue weighted by atomic mass is 10.1. The van der Waals surface area contributed by atoms with Crippen molar-refractivity contribution in [3.63, 3.8) is 0 Å². The lowest BCUT2D eigenvalue weighted by Crippen LogP contribution is -2.41. The summed E-state index contributed by atoms with van der Waals surface area (Å²) >= 11 is 0. The molecule has 0 radical (unpaired) electrons. The number of anilines is 1. The Bertz CT molecular complexity index is 725. The van der Waals surface area contributed by atoms with E-state index in [-0.39, 0.29) is 5.91 Å². The van der Waals surface area contributed by atoms with Crippen LogP contribution < -0.4 is 4.90 Å². The highest BCUT2D eigenvalue weighted by Gasteiger charge is 2.33. The van der Waals surface area contributed by atoms with Gasteiger partial charge in [0.25, 0.3) is 0 Å². The number of fused-ring (bicyclic) bond motifs is 2. The van der Waals surface area contributed by atoms with Crippen molar-refractivity contribution in [3.05, 3.63) is 47.3 Å². The zero-order valence-corrected chi connectivity index (χ0v) is 13.4. The van der Waals surface area contributed by atoms with Gasteiger partial charge in [0.2, 0.25) is 5.91 Å². The molecule has 0 spiro atoms. The molecule has 1 unspecified atom stereocenters. The van der Waals surface area contributed by atoms with Crippen molar-refractivity contribution >= 4 is 11.6 Å². The third kappa shape index (κ3) is 2.77. The first kappa shape index (κ1) is 14.5. The Morgan fingerprint density at radius 1 is 1.39 bits per heavy atom. The normalized spacial score (nSPS) is 20.9. The summed E-state index contributed by atoms with van der Waals surface area (Å²) in [7, 11) is 0. The van der Waals surface area contributed by atoms with Gasteiger partial charge in [-0.15, -0.1) is 0 Å². The molecule has 23 heavy (non-hydrogen) atoms. The number of aryl methyl sites for hydroxylation is 1. The lowest BCUT2D eigenvalue weighted by molar-refractivity contribution is -0.118. The van der Waals surface area contributed by atoms with Gasteiger partial charge in [0.1, 0.15) is 5.76 Å². The van der Waals surface area contributed by atoms with Gasteiger partial charge in [0.05, 0.1) is 12.1 Å². The zero-order valence-electron chi connectivity index (χ0n) is 13.4. The number of para-hydroxylation sites is 1. The smallest absolute Gasteiger partial charge is 0.233 e. The molecule has 1 amide bonds. The van der Waals surface area contributed by atoms with E-state index in [1.165, 1.54) is 18.4 Å². The van der Waals surface area contributed by atoms with Gasteiger partial charge < -0.3 is 9.42 Å². The second-order valence-electron chi connectivity index (χ2n) is 6.51. The molecule has 1 fully saturated rings. The molecule has 1 aromatic heterocycles. The maximum atomic E-state index is 12.9. The number of carbonyl (C=O) groups excluding carboxylic acids is 1. The first-order chi connectivity index (χ1) is 11.2. The molecule has 0 saturated carbocycles. The fourth-order valence-corrected chi connectivity index (χ4v) is 3.73. The molecule has 5 nitrogen and oxygen atoms in total. The summed E-state index contributed by atoms with van der Waals surface area (Å²) in [5, 5.41) is 3.96. The molecular weight excluding hydrogens is 290 g/mol. The fourth-order valence-electron chi connectivity index (χ4n) is 3.73. The van der Waals surface area contributed by atoms with Crippen molar-refractivity contribution in [2.45, 2.75) is 38.8 Å². The Balaban J connectivity index is 1.64. The van der Waals surface area contributed by atoms with E-state index in [1.807, 2.05) is 24.0 Å². The van der Waals surface area contributed by atoms with E-state index in [2.05, 4.69) is 28.3 Å². The van der Waals surface area contributed by atoms with Crippen molar-refractivity contribution in [2.75, 3.05) is 18.0 Å². The second kappa shape index (κ2) is 5.81. The maximum Gasteiger partial charge on any atom is 0.233 e. The third-order valence-electron chi connectivity index (χ3n) is 4.86. The minimum absolute atomic E-state index is 0.0968. The van der Waals surface area contributed by atoms with Crippen LogP contribution in [0.25, 0.3) is 0 Å². The van der Waals surface area contributed by atoms with Crippen molar-refractivity contribution < 1.29 is 9.32 Å². The summed E-state index contributed by atoms with van der Waals surface area (Å²) in [5.74, 6) is 0.838. The fraction of sp³-hybridized carbons (Fsp3) is 0.444. The number of aromatic nitrogens is 1. The maximum absolute atomic E-state index is 12.9. The van der Waals surface area contributed by atoms with Crippen molar-refractivity contribution in [1.82, 2.24) is 10.1 Å². The van der Waals surface area contributed by atoms with Crippen LogP contribution in [0.1, 0.15) is 29.9 Å². The van der Waals surface area contributed by atoms with Gasteiger partial charge in [0.15, 0.2) is 0 Å². The molecule has 2 aliphatic rings. The number of rotatable bonds is 2. The van der Waals surface area contributed by atoms with Gasteiger partial charge >= 0.3 is 0 Å². The number of amides is 1. The van der Waals surface area contributed by atoms with E-state index in [0.29, 0.717) is 18.2 Å². The molecule has 2 aromatic rings. The van der Waals surface area contributed by atoms with Gasteiger partial charge in [-0.05, 0) is 37.9 Å². The van der Waals surface area contributed by atoms with Gasteiger partial charge in [-0.2, -0.15) is 0 Å². The van der Waals surface area contributed by atoms with Crippen LogP contribution in [0.2, 0.25) is 0 Å². The predicted octanol–water partition coefficient (Wildman–Crippen LogP) is 2.54. The number of hydrogen-bond acceptors (Lipinski definition) is 4. The highest BCUT2D eigenvalue weighted by atomic mass is 16.5. The topological polar surface area (TPSA) is 49.6 Å². The Morgan fingerprint density at radius 2 is 2.26 bits per heavy atom. The van der Waals surface area contributed by atoms with Crippen LogP contribution in [0.5, 0.6) is 0 Å². The highest BCUT2D eigenvalue weighted by Crippen LogP contribution is 2.31. The zero-order chi connectivity index (χ0) is 15.8. The number of nitrogens with zero attached hydrogens (tertiary/aromatic N) is 3. The van der Waals surface area contributed by atoms with Crippen LogP contribution in [0.3, 0.4) is 0 Å². The van der Waals surface area contributed by atoms with E-state index in [1.54, 1.807) is 0 Å². The van der Waals surface area contributed by atoms with E-state index in [0.717, 1.165) is 31.1 Å². The Morgan fingerprint density at radius 3 is 3.09 bits per heavy atom. The van der Waals surface area contributed by atoms with Crippen LogP contribution in [-0.2, 0) is 17.8 Å². The average Bonchev–Trinajstić information content (AvgIpc) is 3.11. The van der Waals surface area contributed by atoms with E-state index < -0.39 is 0 Å². The van der Waals surface area contributed by atoms with E-state index >= 15 is 0 Å². The Kier molecular flexibility index (Phi) is 3.65. The van der Waals surface area contributed by atoms with Gasteiger partial charge in [0, 0.05) is 30.9 Å². The predicted molar refractivity (Wildman–Crippen MR) is 87.2 cm³/mol. The molecule has 4 rings (SSSR count). The molecule has 3 heterocycles. The molecule has 2 aliphatic heterocycles. The molecule has 0 aliphatic carbocycles. The molecule has 1 aromatic carbocycles. The molecule has 120 valence electrons. The van der Waals surface area contributed by atoms with Crippen molar-refractivity contribution in [2.24, 2.45) is 0 Å². The third-order valence-corrected chi connectivity index (χ3v) is 4.86. The van der Waals surface area contributed by atoms with Crippen molar-refractivity contribution in [3.8, 4) is 0 Å². The summed E-state index contributed by atoms with van der Waals surface area (Å²) in [4.78, 5) is 17.4. The molecule has 0 N–H and O–H groups in total. The first-order valence-electron chi connectivity index (χ1n) is 8.25.